The summed E-state index contributed by atoms with van der Waals surface area (Å²) in [5.74, 6) is -1.74. The molecule has 0 spiro atoms. The van der Waals surface area contributed by atoms with Crippen LogP contribution in [0, 0.1) is 20.2 Å². The van der Waals surface area contributed by atoms with Crippen LogP contribution in [-0.2, 0) is 14.3 Å². The molecule has 0 aliphatic carbocycles. The van der Waals surface area contributed by atoms with Crippen molar-refractivity contribution in [2.75, 3.05) is 36.5 Å². The van der Waals surface area contributed by atoms with Gasteiger partial charge in [0.1, 0.15) is 5.69 Å². The summed E-state index contributed by atoms with van der Waals surface area (Å²) in [6, 6.07) is 15.6. The predicted octanol–water partition coefficient (Wildman–Crippen LogP) is 4.53. The normalized spacial score (nSPS) is 13.9. The SMILES string of the molecule is O=C(O[C@@H](C(=O)Nc1ccc([N+](=O)[O-])cc1Cl)c1ccccc1)c1ccc(N2CCOCC2)c([N+](=O)[O-])c1. The van der Waals surface area contributed by atoms with Gasteiger partial charge < -0.3 is 19.7 Å². The number of halogens is 1. The highest BCUT2D eigenvalue weighted by molar-refractivity contribution is 6.34. The maximum atomic E-state index is 13.2. The number of benzene rings is 3. The number of morpholine rings is 1. The lowest BCUT2D eigenvalue weighted by Crippen LogP contribution is -2.36. The predicted molar refractivity (Wildman–Crippen MR) is 137 cm³/mol. The number of rotatable bonds is 8. The monoisotopic (exact) mass is 540 g/mol. The molecule has 1 amide bonds. The molecule has 1 atom stereocenters. The molecule has 0 unspecified atom stereocenters. The molecular weight excluding hydrogens is 520 g/mol. The zero-order valence-electron chi connectivity index (χ0n) is 19.7. The average Bonchev–Trinajstić information content (AvgIpc) is 2.93. The first-order valence-corrected chi connectivity index (χ1v) is 11.7. The minimum absolute atomic E-state index is 0.0738. The zero-order chi connectivity index (χ0) is 27.2. The molecule has 4 rings (SSSR count). The van der Waals surface area contributed by atoms with E-state index in [1.54, 1.807) is 35.2 Å². The summed E-state index contributed by atoms with van der Waals surface area (Å²) in [5, 5.41) is 25.2. The van der Waals surface area contributed by atoms with Crippen molar-refractivity contribution < 1.29 is 28.9 Å². The number of carbonyl (C=O) groups is 2. The summed E-state index contributed by atoms with van der Waals surface area (Å²) < 4.78 is 10.8. The van der Waals surface area contributed by atoms with Gasteiger partial charge in [-0.05, 0) is 18.2 Å². The topological polar surface area (TPSA) is 154 Å². The molecule has 0 saturated carbocycles. The second-order valence-electron chi connectivity index (χ2n) is 8.17. The summed E-state index contributed by atoms with van der Waals surface area (Å²) in [6.07, 6.45) is -1.45. The van der Waals surface area contributed by atoms with Crippen molar-refractivity contribution in [1.82, 2.24) is 0 Å². The van der Waals surface area contributed by atoms with Crippen LogP contribution in [0.5, 0.6) is 0 Å². The number of nitrogens with zero attached hydrogens (tertiary/aromatic N) is 3. The van der Waals surface area contributed by atoms with Crippen LogP contribution in [0.1, 0.15) is 22.0 Å². The molecule has 0 bridgehead atoms. The third-order valence-corrected chi connectivity index (χ3v) is 6.06. The summed E-state index contributed by atoms with van der Waals surface area (Å²) in [7, 11) is 0. The fraction of sp³-hybridized carbons (Fsp3) is 0.200. The third-order valence-electron chi connectivity index (χ3n) is 5.75. The highest BCUT2D eigenvalue weighted by atomic mass is 35.5. The Morgan fingerprint density at radius 2 is 1.68 bits per heavy atom. The van der Waals surface area contributed by atoms with Crippen molar-refractivity contribution in [3.05, 3.63) is 103 Å². The lowest BCUT2D eigenvalue weighted by molar-refractivity contribution is -0.384. The summed E-state index contributed by atoms with van der Waals surface area (Å²) in [6.45, 7) is 1.78. The second kappa shape index (κ2) is 11.7. The van der Waals surface area contributed by atoms with Gasteiger partial charge >= 0.3 is 5.97 Å². The zero-order valence-corrected chi connectivity index (χ0v) is 20.5. The Hall–Kier alpha value is -4.55. The molecule has 13 heteroatoms. The van der Waals surface area contributed by atoms with Crippen LogP contribution in [0.15, 0.2) is 66.7 Å². The molecule has 1 heterocycles. The number of nitrogens with one attached hydrogen (secondary N) is 1. The lowest BCUT2D eigenvalue weighted by atomic mass is 10.1. The Balaban J connectivity index is 1.59. The fourth-order valence-corrected chi connectivity index (χ4v) is 4.08. The van der Waals surface area contributed by atoms with Crippen molar-refractivity contribution in [3.8, 4) is 0 Å². The Morgan fingerprint density at radius 3 is 2.32 bits per heavy atom. The maximum absolute atomic E-state index is 13.2. The van der Waals surface area contributed by atoms with Gasteiger partial charge in [0.05, 0.1) is 39.3 Å². The molecule has 0 aromatic heterocycles. The van der Waals surface area contributed by atoms with Crippen LogP contribution in [0.2, 0.25) is 5.02 Å². The van der Waals surface area contributed by atoms with Crippen LogP contribution in [0.4, 0.5) is 22.7 Å². The van der Waals surface area contributed by atoms with E-state index in [1.807, 2.05) is 0 Å². The number of hydrogen-bond donors (Lipinski definition) is 1. The number of non-ortho nitro benzene ring substituents is 1. The van der Waals surface area contributed by atoms with E-state index >= 15 is 0 Å². The molecule has 1 saturated heterocycles. The van der Waals surface area contributed by atoms with Crippen molar-refractivity contribution >= 4 is 46.2 Å². The van der Waals surface area contributed by atoms with Gasteiger partial charge in [-0.25, -0.2) is 4.79 Å². The summed E-state index contributed by atoms with van der Waals surface area (Å²) in [5.41, 5.74) is 0.0947. The quantitative estimate of drug-likeness (QED) is 0.246. The highest BCUT2D eigenvalue weighted by Gasteiger charge is 2.29. The van der Waals surface area contributed by atoms with Crippen LogP contribution in [-0.4, -0.2) is 48.0 Å². The average molecular weight is 541 g/mol. The van der Waals surface area contributed by atoms with Crippen LogP contribution in [0.3, 0.4) is 0 Å². The number of amides is 1. The van der Waals surface area contributed by atoms with Crippen LogP contribution in [0.25, 0.3) is 0 Å². The second-order valence-corrected chi connectivity index (χ2v) is 8.57. The van der Waals surface area contributed by atoms with E-state index in [4.69, 9.17) is 21.1 Å². The molecular formula is C25H21ClN4O8. The van der Waals surface area contributed by atoms with E-state index in [9.17, 15) is 29.8 Å². The van der Waals surface area contributed by atoms with E-state index in [-0.39, 0.29) is 27.6 Å². The lowest BCUT2D eigenvalue weighted by Gasteiger charge is -2.28. The number of hydrogen-bond acceptors (Lipinski definition) is 9. The number of esters is 1. The highest BCUT2D eigenvalue weighted by Crippen LogP contribution is 2.32. The molecule has 196 valence electrons. The van der Waals surface area contributed by atoms with E-state index in [0.717, 1.165) is 12.1 Å². The van der Waals surface area contributed by atoms with Gasteiger partial charge in [0.15, 0.2) is 0 Å². The largest absolute Gasteiger partial charge is 0.444 e. The molecule has 1 N–H and O–H groups in total. The Bertz CT molecular complexity index is 1380. The Labute approximate surface area is 221 Å². The van der Waals surface area contributed by atoms with Gasteiger partial charge in [-0.1, -0.05) is 41.9 Å². The molecule has 1 aliphatic rings. The van der Waals surface area contributed by atoms with E-state index in [2.05, 4.69) is 5.32 Å². The number of anilines is 2. The maximum Gasteiger partial charge on any atom is 0.339 e. The van der Waals surface area contributed by atoms with Gasteiger partial charge in [0.2, 0.25) is 6.10 Å². The number of carbonyl (C=O) groups excluding carboxylic acids is 2. The molecule has 1 aliphatic heterocycles. The van der Waals surface area contributed by atoms with Crippen molar-refractivity contribution in [2.24, 2.45) is 0 Å². The van der Waals surface area contributed by atoms with Gasteiger partial charge in [-0.3, -0.25) is 25.0 Å². The first-order chi connectivity index (χ1) is 18.2. The standard InChI is InChI=1S/C25H21ClN4O8/c26-19-15-18(29(33)34)7-8-20(19)27-24(31)23(16-4-2-1-3-5-16)38-25(32)17-6-9-21(22(14-17)30(35)36)28-10-12-37-13-11-28/h1-9,14-15,23H,10-13H2,(H,27,31)/t23-/m1/s1. The van der Waals surface area contributed by atoms with Gasteiger partial charge in [-0.15, -0.1) is 0 Å². The number of nitro groups is 2. The van der Waals surface area contributed by atoms with Gasteiger partial charge in [0, 0.05) is 36.9 Å². The van der Waals surface area contributed by atoms with Crippen LogP contribution >= 0.6 is 11.6 Å². The van der Waals surface area contributed by atoms with Crippen molar-refractivity contribution in [1.29, 1.82) is 0 Å². The molecule has 38 heavy (non-hydrogen) atoms. The summed E-state index contributed by atoms with van der Waals surface area (Å²) in [4.78, 5) is 49.6. The van der Waals surface area contributed by atoms with E-state index < -0.39 is 27.8 Å². The molecule has 3 aromatic carbocycles. The molecule has 1 fully saturated rings. The van der Waals surface area contributed by atoms with Crippen LogP contribution < -0.4 is 10.2 Å². The van der Waals surface area contributed by atoms with Crippen molar-refractivity contribution in [3.63, 3.8) is 0 Å². The van der Waals surface area contributed by atoms with E-state index in [0.29, 0.717) is 37.6 Å². The first-order valence-electron chi connectivity index (χ1n) is 11.4. The number of nitro benzene ring substituents is 2. The Kier molecular flexibility index (Phi) is 8.14. The summed E-state index contributed by atoms with van der Waals surface area (Å²) >= 11 is 6.09. The molecule has 12 nitrogen and oxygen atoms in total. The molecule has 0 radical (unpaired) electrons. The van der Waals surface area contributed by atoms with Gasteiger partial charge in [-0.2, -0.15) is 0 Å². The minimum Gasteiger partial charge on any atom is -0.444 e. The molecule has 3 aromatic rings. The number of ether oxygens (including phenoxy) is 2. The minimum atomic E-state index is -1.45. The fourth-order valence-electron chi connectivity index (χ4n) is 3.86. The third kappa shape index (κ3) is 6.05. The van der Waals surface area contributed by atoms with E-state index in [1.165, 1.54) is 24.3 Å². The smallest absolute Gasteiger partial charge is 0.339 e. The van der Waals surface area contributed by atoms with Gasteiger partial charge in [0.25, 0.3) is 17.3 Å². The Morgan fingerprint density at radius 1 is 0.974 bits per heavy atom. The first kappa shape index (κ1) is 26.5. The van der Waals surface area contributed by atoms with Crippen molar-refractivity contribution in [2.45, 2.75) is 6.10 Å².